The number of hydrogen-bond acceptors (Lipinski definition) is 4. The normalized spacial score (nSPS) is 27.0. The van der Waals surface area contributed by atoms with Crippen molar-refractivity contribution in [1.82, 2.24) is 14.7 Å². The average Bonchev–Trinajstić information content (AvgIpc) is 3.69. The zero-order valence-electron chi connectivity index (χ0n) is 18.6. The van der Waals surface area contributed by atoms with E-state index in [0.717, 1.165) is 29.8 Å². The molecule has 3 fully saturated rings. The SMILES string of the molecule is NC(=O)c1nn(CC(=O)N2[C@@H]3C[C@@H]3C[C@H]2C(=O)C[C@H]2C[C@@H]2c2ccccc2Cl)c2ccccc12. The largest absolute Gasteiger partial charge is 0.364 e. The minimum Gasteiger partial charge on any atom is -0.364 e. The molecule has 2 heterocycles. The van der Waals surface area contributed by atoms with Gasteiger partial charge >= 0.3 is 0 Å². The number of amides is 2. The van der Waals surface area contributed by atoms with Crippen LogP contribution in [0.4, 0.5) is 0 Å². The fourth-order valence-corrected chi connectivity index (χ4v) is 6.04. The molecule has 6 rings (SSSR count). The molecular weight excluding hydrogens is 452 g/mol. The van der Waals surface area contributed by atoms with Crippen LogP contribution in [0.25, 0.3) is 10.9 Å². The number of nitrogens with two attached hydrogens (primary N) is 1. The number of carbonyl (C=O) groups excluding carboxylic acids is 3. The van der Waals surface area contributed by atoms with Crippen LogP contribution in [0.3, 0.4) is 0 Å². The summed E-state index contributed by atoms with van der Waals surface area (Å²) in [4.78, 5) is 40.3. The molecule has 5 atom stereocenters. The molecule has 1 saturated heterocycles. The van der Waals surface area contributed by atoms with E-state index in [1.807, 2.05) is 36.4 Å². The fourth-order valence-electron chi connectivity index (χ4n) is 5.77. The van der Waals surface area contributed by atoms with Crippen LogP contribution in [0.15, 0.2) is 48.5 Å². The molecule has 0 radical (unpaired) electrons. The molecular formula is C26H25ClN4O3. The van der Waals surface area contributed by atoms with Gasteiger partial charge in [0.25, 0.3) is 5.91 Å². The molecule has 8 heteroatoms. The van der Waals surface area contributed by atoms with Gasteiger partial charge in [0.05, 0.1) is 11.6 Å². The van der Waals surface area contributed by atoms with Gasteiger partial charge < -0.3 is 10.6 Å². The summed E-state index contributed by atoms with van der Waals surface area (Å²) in [6, 6.07) is 14.8. The van der Waals surface area contributed by atoms with Crippen molar-refractivity contribution in [2.45, 2.75) is 50.2 Å². The number of halogens is 1. The predicted molar refractivity (Wildman–Crippen MR) is 127 cm³/mol. The first-order chi connectivity index (χ1) is 16.4. The van der Waals surface area contributed by atoms with Gasteiger partial charge in [-0.25, -0.2) is 0 Å². The lowest BCUT2D eigenvalue weighted by Gasteiger charge is -2.27. The van der Waals surface area contributed by atoms with Gasteiger partial charge in [-0.15, -0.1) is 0 Å². The Bertz CT molecular complexity index is 1330. The molecule has 3 aliphatic rings. The average molecular weight is 477 g/mol. The van der Waals surface area contributed by atoms with E-state index in [2.05, 4.69) is 5.10 Å². The second-order valence-electron chi connectivity index (χ2n) is 9.80. The minimum atomic E-state index is -0.628. The van der Waals surface area contributed by atoms with Crippen molar-refractivity contribution in [3.05, 3.63) is 64.8 Å². The van der Waals surface area contributed by atoms with Crippen LogP contribution < -0.4 is 5.73 Å². The van der Waals surface area contributed by atoms with E-state index in [0.29, 0.717) is 29.2 Å². The third-order valence-electron chi connectivity index (χ3n) is 7.63. The van der Waals surface area contributed by atoms with Crippen molar-refractivity contribution in [2.75, 3.05) is 0 Å². The van der Waals surface area contributed by atoms with Crippen molar-refractivity contribution in [3.8, 4) is 0 Å². The number of likely N-dealkylation sites (tertiary alicyclic amines) is 1. The monoisotopic (exact) mass is 476 g/mol. The number of nitrogens with zero attached hydrogens (tertiary/aromatic N) is 3. The first-order valence-electron chi connectivity index (χ1n) is 11.8. The van der Waals surface area contributed by atoms with Gasteiger partial charge in [0.2, 0.25) is 5.91 Å². The van der Waals surface area contributed by atoms with E-state index in [9.17, 15) is 14.4 Å². The lowest BCUT2D eigenvalue weighted by atomic mass is 10.00. The first-order valence-corrected chi connectivity index (χ1v) is 12.1. The van der Waals surface area contributed by atoms with Crippen LogP contribution >= 0.6 is 11.6 Å². The molecule has 1 aromatic heterocycles. The summed E-state index contributed by atoms with van der Waals surface area (Å²) in [6.07, 6.45) is 3.12. The molecule has 2 N–H and O–H groups in total. The summed E-state index contributed by atoms with van der Waals surface area (Å²) in [5.74, 6) is 0.396. The van der Waals surface area contributed by atoms with Crippen molar-refractivity contribution in [3.63, 3.8) is 0 Å². The molecule has 2 aliphatic carbocycles. The number of benzene rings is 2. The van der Waals surface area contributed by atoms with E-state index < -0.39 is 5.91 Å². The van der Waals surface area contributed by atoms with E-state index in [1.165, 1.54) is 4.68 Å². The second-order valence-corrected chi connectivity index (χ2v) is 10.2. The van der Waals surface area contributed by atoms with E-state index in [4.69, 9.17) is 17.3 Å². The number of piperidine rings is 1. The molecule has 1 aliphatic heterocycles. The van der Waals surface area contributed by atoms with Crippen LogP contribution in [-0.4, -0.2) is 44.4 Å². The maximum atomic E-state index is 13.4. The van der Waals surface area contributed by atoms with Crippen LogP contribution in [0.1, 0.15) is 47.7 Å². The highest BCUT2D eigenvalue weighted by Crippen LogP contribution is 2.53. The third-order valence-corrected chi connectivity index (χ3v) is 7.98. The molecule has 3 aromatic rings. The van der Waals surface area contributed by atoms with Crippen molar-refractivity contribution in [2.24, 2.45) is 17.6 Å². The predicted octanol–water partition coefficient (Wildman–Crippen LogP) is 3.54. The number of fused-ring (bicyclic) bond motifs is 2. The smallest absolute Gasteiger partial charge is 0.269 e. The molecule has 0 spiro atoms. The molecule has 2 aromatic carbocycles. The Kier molecular flexibility index (Phi) is 4.99. The molecule has 34 heavy (non-hydrogen) atoms. The standard InChI is InChI=1S/C26H25ClN4O3/c27-19-7-3-1-5-16(19)18-9-14(18)12-23(32)22-11-15-10-21(15)31(22)24(33)13-30-20-8-4-2-6-17(20)25(29-30)26(28)34/h1-8,14-15,18,21-22H,9-13H2,(H2,28,34)/t14-,15-,18+,21-,22+/m1/s1. The number of hydrogen-bond donors (Lipinski definition) is 1. The number of rotatable bonds is 7. The first kappa shape index (κ1) is 21.4. The van der Waals surface area contributed by atoms with Gasteiger partial charge in [-0.2, -0.15) is 5.10 Å². The van der Waals surface area contributed by atoms with Gasteiger partial charge in [-0.1, -0.05) is 48.0 Å². The van der Waals surface area contributed by atoms with E-state index >= 15 is 0 Å². The summed E-state index contributed by atoms with van der Waals surface area (Å²) in [5, 5.41) is 5.69. The number of para-hydroxylation sites is 1. The van der Waals surface area contributed by atoms with Crippen LogP contribution in [0.5, 0.6) is 0 Å². The lowest BCUT2D eigenvalue weighted by molar-refractivity contribution is -0.139. The Morgan fingerprint density at radius 2 is 1.79 bits per heavy atom. The summed E-state index contributed by atoms with van der Waals surface area (Å²) < 4.78 is 1.53. The lowest BCUT2D eigenvalue weighted by Crippen LogP contribution is -2.44. The Labute approximate surface area is 201 Å². The topological polar surface area (TPSA) is 98.3 Å². The molecule has 7 nitrogen and oxygen atoms in total. The molecule has 2 amide bonds. The van der Waals surface area contributed by atoms with Gasteiger partial charge in [-0.3, -0.25) is 19.1 Å². The van der Waals surface area contributed by atoms with Gasteiger partial charge in [-0.05, 0) is 54.7 Å². The van der Waals surface area contributed by atoms with Crippen LogP contribution in [0, 0.1) is 11.8 Å². The summed E-state index contributed by atoms with van der Waals surface area (Å²) >= 11 is 6.34. The Morgan fingerprint density at radius 3 is 2.59 bits per heavy atom. The highest BCUT2D eigenvalue weighted by molar-refractivity contribution is 6.31. The maximum Gasteiger partial charge on any atom is 0.269 e. The molecule has 174 valence electrons. The highest BCUT2D eigenvalue weighted by atomic mass is 35.5. The quantitative estimate of drug-likeness (QED) is 0.563. The van der Waals surface area contributed by atoms with E-state index in [1.54, 1.807) is 17.0 Å². The number of carbonyl (C=O) groups is 3. The maximum absolute atomic E-state index is 13.4. The molecule has 0 bridgehead atoms. The highest BCUT2D eigenvalue weighted by Gasteiger charge is 2.56. The fraction of sp³-hybridized carbons (Fsp3) is 0.385. The molecule has 2 saturated carbocycles. The molecule has 0 unspecified atom stereocenters. The Balaban J connectivity index is 1.17. The number of primary amides is 1. The Hall–Kier alpha value is -3.19. The third kappa shape index (κ3) is 3.59. The van der Waals surface area contributed by atoms with Crippen LogP contribution in [-0.2, 0) is 16.1 Å². The van der Waals surface area contributed by atoms with Crippen molar-refractivity contribution in [1.29, 1.82) is 0 Å². The van der Waals surface area contributed by atoms with E-state index in [-0.39, 0.29) is 41.9 Å². The summed E-state index contributed by atoms with van der Waals surface area (Å²) in [6.45, 7) is -0.0214. The van der Waals surface area contributed by atoms with Gasteiger partial charge in [0, 0.05) is 22.9 Å². The van der Waals surface area contributed by atoms with Gasteiger partial charge in [0.15, 0.2) is 11.5 Å². The second kappa shape index (κ2) is 7.94. The van der Waals surface area contributed by atoms with Crippen LogP contribution in [0.2, 0.25) is 5.02 Å². The van der Waals surface area contributed by atoms with Gasteiger partial charge in [0.1, 0.15) is 6.54 Å². The van der Waals surface area contributed by atoms with Crippen molar-refractivity contribution >= 4 is 40.1 Å². The number of aromatic nitrogens is 2. The summed E-state index contributed by atoms with van der Waals surface area (Å²) in [5.41, 5.74) is 7.43. The Morgan fingerprint density at radius 1 is 1.03 bits per heavy atom. The minimum absolute atomic E-state index is 0.0214. The van der Waals surface area contributed by atoms with Crippen molar-refractivity contribution < 1.29 is 14.4 Å². The number of ketones is 1. The number of Topliss-reactive ketones (excluding diaryl/α,β-unsaturated/α-hetero) is 1. The zero-order chi connectivity index (χ0) is 23.6. The summed E-state index contributed by atoms with van der Waals surface area (Å²) in [7, 11) is 0. The zero-order valence-corrected chi connectivity index (χ0v) is 19.3.